The van der Waals surface area contributed by atoms with E-state index in [4.69, 9.17) is 34.8 Å². The molecular formula is C7H4Cl3NO. The van der Waals surface area contributed by atoms with Crippen molar-refractivity contribution in [2.75, 3.05) is 0 Å². The maximum Gasteiger partial charge on any atom is 0.240 e. The number of alkyl halides is 3. The smallest absolute Gasteiger partial charge is 0.211 e. The van der Waals surface area contributed by atoms with Crippen molar-refractivity contribution in [3.8, 4) is 0 Å². The summed E-state index contributed by atoms with van der Waals surface area (Å²) >= 11 is 17.3. The van der Waals surface area contributed by atoms with Crippen LogP contribution in [0.4, 0.5) is 0 Å². The van der Waals surface area contributed by atoms with Gasteiger partial charge in [-0.15, -0.1) is 11.6 Å². The Morgan fingerprint density at radius 3 is 2.75 bits per heavy atom. The van der Waals surface area contributed by atoms with Gasteiger partial charge in [0.25, 0.3) is 0 Å². The van der Waals surface area contributed by atoms with E-state index in [9.17, 15) is 4.79 Å². The molecule has 0 aromatic rings. The number of hydrogen-bond donors (Lipinski definition) is 0. The minimum absolute atomic E-state index is 0.418. The third-order valence-corrected chi connectivity index (χ3v) is 2.75. The zero-order valence-electron chi connectivity index (χ0n) is 5.80. The molecule has 64 valence electrons. The molecular weight excluding hydrogens is 220 g/mol. The molecule has 0 radical (unpaired) electrons. The summed E-state index contributed by atoms with van der Waals surface area (Å²) in [7, 11) is 0. The SMILES string of the molecule is O=C=NC1=CC(Cl)C(Cl)(Cl)C=C1. The average Bonchev–Trinajstić information content (AvgIpc) is 1.98. The van der Waals surface area contributed by atoms with Crippen LogP contribution in [0.3, 0.4) is 0 Å². The predicted molar refractivity (Wildman–Crippen MR) is 49.4 cm³/mol. The molecule has 0 aromatic carbocycles. The van der Waals surface area contributed by atoms with Gasteiger partial charge in [-0.05, 0) is 18.2 Å². The van der Waals surface area contributed by atoms with Crippen LogP contribution in [0.5, 0.6) is 0 Å². The summed E-state index contributed by atoms with van der Waals surface area (Å²) < 4.78 is -1.12. The average molecular weight is 224 g/mol. The van der Waals surface area contributed by atoms with Crippen molar-refractivity contribution in [1.82, 2.24) is 0 Å². The number of aliphatic imine (C=N–C) groups is 1. The molecule has 1 aliphatic carbocycles. The Bertz CT molecular complexity index is 289. The van der Waals surface area contributed by atoms with E-state index in [1.54, 1.807) is 0 Å². The summed E-state index contributed by atoms with van der Waals surface area (Å²) in [6.07, 6.45) is 5.88. The molecule has 2 nitrogen and oxygen atoms in total. The van der Waals surface area contributed by atoms with E-state index in [1.165, 1.54) is 24.3 Å². The van der Waals surface area contributed by atoms with Gasteiger partial charge in [-0.3, -0.25) is 0 Å². The minimum Gasteiger partial charge on any atom is -0.211 e. The summed E-state index contributed by atoms with van der Waals surface area (Å²) in [5.41, 5.74) is 0.418. The van der Waals surface area contributed by atoms with E-state index in [-0.39, 0.29) is 0 Å². The number of allylic oxidation sites excluding steroid dienone is 3. The van der Waals surface area contributed by atoms with Gasteiger partial charge in [0.05, 0.1) is 11.1 Å². The fourth-order valence-electron chi connectivity index (χ4n) is 0.732. The standard InChI is InChI=1S/C7H4Cl3NO/c8-6-3-5(11-4-12)1-2-7(6,9)10/h1-3,6H. The van der Waals surface area contributed by atoms with Gasteiger partial charge in [0.2, 0.25) is 6.08 Å². The number of hydrogen-bond acceptors (Lipinski definition) is 2. The van der Waals surface area contributed by atoms with E-state index in [2.05, 4.69) is 4.99 Å². The topological polar surface area (TPSA) is 29.4 Å². The molecule has 0 saturated heterocycles. The molecule has 0 bridgehead atoms. The van der Waals surface area contributed by atoms with Crippen LogP contribution in [0.1, 0.15) is 0 Å². The molecule has 0 amide bonds. The van der Waals surface area contributed by atoms with Crippen LogP contribution >= 0.6 is 34.8 Å². The van der Waals surface area contributed by atoms with Crippen LogP contribution < -0.4 is 0 Å². The van der Waals surface area contributed by atoms with Gasteiger partial charge < -0.3 is 0 Å². The Morgan fingerprint density at radius 1 is 1.58 bits per heavy atom. The summed E-state index contributed by atoms with van der Waals surface area (Å²) in [6.45, 7) is 0. The lowest BCUT2D eigenvalue weighted by atomic mass is 10.1. The molecule has 1 rings (SSSR count). The lowest BCUT2D eigenvalue weighted by Crippen LogP contribution is -2.24. The highest BCUT2D eigenvalue weighted by Crippen LogP contribution is 2.35. The molecule has 0 fully saturated rings. The van der Waals surface area contributed by atoms with Crippen molar-refractivity contribution >= 4 is 40.9 Å². The highest BCUT2D eigenvalue weighted by Gasteiger charge is 2.31. The Balaban J connectivity index is 2.90. The minimum atomic E-state index is -1.12. The molecule has 0 spiro atoms. The molecule has 12 heavy (non-hydrogen) atoms. The summed E-state index contributed by atoms with van der Waals surface area (Å²) in [5, 5.41) is -0.585. The van der Waals surface area contributed by atoms with Crippen LogP contribution in [0.15, 0.2) is 28.9 Å². The number of rotatable bonds is 1. The zero-order valence-corrected chi connectivity index (χ0v) is 8.07. The Morgan fingerprint density at radius 2 is 2.25 bits per heavy atom. The first kappa shape index (κ1) is 9.82. The third kappa shape index (κ3) is 2.11. The second kappa shape index (κ2) is 3.63. The van der Waals surface area contributed by atoms with Crippen molar-refractivity contribution in [3.05, 3.63) is 23.9 Å². The number of isocyanates is 1. The Kier molecular flexibility index (Phi) is 2.97. The lowest BCUT2D eigenvalue weighted by molar-refractivity contribution is 0.564. The molecule has 0 aliphatic heterocycles. The van der Waals surface area contributed by atoms with Gasteiger partial charge in [0.15, 0.2) is 4.33 Å². The van der Waals surface area contributed by atoms with Gasteiger partial charge in [0, 0.05) is 0 Å². The summed E-state index contributed by atoms with van der Waals surface area (Å²) in [6, 6.07) is 0. The molecule has 1 aliphatic rings. The first-order valence-electron chi connectivity index (χ1n) is 3.07. The maximum atomic E-state index is 9.87. The molecule has 1 atom stereocenters. The number of carbonyl (C=O) groups excluding carboxylic acids is 1. The maximum absolute atomic E-state index is 9.87. The zero-order chi connectivity index (χ0) is 9.19. The van der Waals surface area contributed by atoms with Crippen LogP contribution in [0.25, 0.3) is 0 Å². The largest absolute Gasteiger partial charge is 0.240 e. The molecule has 1 unspecified atom stereocenters. The predicted octanol–water partition coefficient (Wildman–Crippen LogP) is 2.56. The molecule has 0 aromatic heterocycles. The fourth-order valence-corrected chi connectivity index (χ4v) is 1.19. The first-order valence-corrected chi connectivity index (χ1v) is 4.26. The first-order chi connectivity index (χ1) is 5.56. The highest BCUT2D eigenvalue weighted by molar-refractivity contribution is 6.54. The van der Waals surface area contributed by atoms with E-state index < -0.39 is 9.71 Å². The van der Waals surface area contributed by atoms with Crippen LogP contribution in [0.2, 0.25) is 0 Å². The van der Waals surface area contributed by atoms with Gasteiger partial charge in [-0.25, -0.2) is 4.79 Å². The Hall–Kier alpha value is -0.270. The van der Waals surface area contributed by atoms with Gasteiger partial charge in [0.1, 0.15) is 0 Å². The molecule has 0 N–H and O–H groups in total. The molecule has 0 saturated carbocycles. The lowest BCUT2D eigenvalue weighted by Gasteiger charge is -2.21. The summed E-state index contributed by atoms with van der Waals surface area (Å²) in [5.74, 6) is 0. The second-order valence-corrected chi connectivity index (χ2v) is 4.12. The van der Waals surface area contributed by atoms with Crippen molar-refractivity contribution in [2.45, 2.75) is 9.71 Å². The van der Waals surface area contributed by atoms with Crippen LogP contribution in [0, 0.1) is 0 Å². The third-order valence-electron chi connectivity index (χ3n) is 1.34. The van der Waals surface area contributed by atoms with E-state index in [0.29, 0.717) is 5.70 Å². The normalized spacial score (nSPS) is 25.9. The van der Waals surface area contributed by atoms with Crippen molar-refractivity contribution in [1.29, 1.82) is 0 Å². The number of halogens is 3. The van der Waals surface area contributed by atoms with Gasteiger partial charge in [-0.2, -0.15) is 4.99 Å². The highest BCUT2D eigenvalue weighted by atomic mass is 35.5. The van der Waals surface area contributed by atoms with Crippen LogP contribution in [-0.2, 0) is 4.79 Å². The fraction of sp³-hybridized carbons (Fsp3) is 0.286. The van der Waals surface area contributed by atoms with E-state index >= 15 is 0 Å². The van der Waals surface area contributed by atoms with Crippen molar-refractivity contribution in [2.24, 2.45) is 4.99 Å². The second-order valence-electron chi connectivity index (χ2n) is 2.20. The van der Waals surface area contributed by atoms with Crippen LogP contribution in [-0.4, -0.2) is 15.8 Å². The molecule has 0 heterocycles. The van der Waals surface area contributed by atoms with Crippen molar-refractivity contribution < 1.29 is 4.79 Å². The quantitative estimate of drug-likeness (QED) is 0.382. The Labute approximate surface area is 84.5 Å². The molecule has 5 heteroatoms. The number of nitrogens with zero attached hydrogens (tertiary/aromatic N) is 1. The summed E-state index contributed by atoms with van der Waals surface area (Å²) in [4.78, 5) is 13.2. The monoisotopic (exact) mass is 223 g/mol. The van der Waals surface area contributed by atoms with Crippen molar-refractivity contribution in [3.63, 3.8) is 0 Å². The van der Waals surface area contributed by atoms with Gasteiger partial charge in [-0.1, -0.05) is 23.2 Å². The van der Waals surface area contributed by atoms with E-state index in [1.807, 2.05) is 0 Å². The van der Waals surface area contributed by atoms with Gasteiger partial charge >= 0.3 is 0 Å². The van der Waals surface area contributed by atoms with E-state index in [0.717, 1.165) is 0 Å².